The SMILES string of the molecule is CCCCOCC(O)COc1cccc(C#N)c1. The van der Waals surface area contributed by atoms with Gasteiger partial charge in [-0.15, -0.1) is 0 Å². The highest BCUT2D eigenvalue weighted by Crippen LogP contribution is 2.12. The van der Waals surface area contributed by atoms with Gasteiger partial charge in [-0.3, -0.25) is 0 Å². The Morgan fingerprint density at radius 2 is 2.22 bits per heavy atom. The summed E-state index contributed by atoms with van der Waals surface area (Å²) in [4.78, 5) is 0. The molecule has 1 N–H and O–H groups in total. The van der Waals surface area contributed by atoms with Crippen LogP contribution in [0.3, 0.4) is 0 Å². The summed E-state index contributed by atoms with van der Waals surface area (Å²) in [5, 5.41) is 18.4. The number of hydrogen-bond donors (Lipinski definition) is 1. The Morgan fingerprint density at radius 1 is 1.39 bits per heavy atom. The molecule has 0 saturated carbocycles. The van der Waals surface area contributed by atoms with Gasteiger partial charge in [0.05, 0.1) is 18.2 Å². The Balaban J connectivity index is 2.25. The Kier molecular flexibility index (Phi) is 6.85. The van der Waals surface area contributed by atoms with Gasteiger partial charge in [-0.25, -0.2) is 0 Å². The minimum atomic E-state index is -0.646. The van der Waals surface area contributed by atoms with E-state index in [0.717, 1.165) is 12.8 Å². The summed E-state index contributed by atoms with van der Waals surface area (Å²) in [5.41, 5.74) is 0.543. The second kappa shape index (κ2) is 8.51. The second-order valence-corrected chi connectivity index (χ2v) is 4.03. The Hall–Kier alpha value is -1.57. The summed E-state index contributed by atoms with van der Waals surface area (Å²) < 4.78 is 10.7. The molecular formula is C14H19NO3. The predicted octanol–water partition coefficient (Wildman–Crippen LogP) is 2.11. The van der Waals surface area contributed by atoms with Crippen LogP contribution in [0.15, 0.2) is 24.3 Å². The number of aliphatic hydroxyl groups is 1. The average Bonchev–Trinajstić information content (AvgIpc) is 2.41. The number of rotatable bonds is 8. The van der Waals surface area contributed by atoms with Crippen molar-refractivity contribution in [3.8, 4) is 11.8 Å². The Morgan fingerprint density at radius 3 is 2.94 bits per heavy atom. The fourth-order valence-electron chi connectivity index (χ4n) is 1.36. The van der Waals surface area contributed by atoms with E-state index in [1.54, 1.807) is 24.3 Å². The minimum absolute atomic E-state index is 0.168. The molecule has 0 radical (unpaired) electrons. The van der Waals surface area contributed by atoms with Crippen LogP contribution >= 0.6 is 0 Å². The zero-order valence-corrected chi connectivity index (χ0v) is 10.6. The predicted molar refractivity (Wildman–Crippen MR) is 68.4 cm³/mol. The van der Waals surface area contributed by atoms with E-state index in [1.165, 1.54) is 0 Å². The van der Waals surface area contributed by atoms with Gasteiger partial charge in [-0.2, -0.15) is 5.26 Å². The lowest BCUT2D eigenvalue weighted by molar-refractivity contribution is 0.0113. The third kappa shape index (κ3) is 5.67. The first kappa shape index (κ1) is 14.5. The van der Waals surface area contributed by atoms with Crippen LogP contribution in [0.2, 0.25) is 0 Å². The van der Waals surface area contributed by atoms with E-state index >= 15 is 0 Å². The lowest BCUT2D eigenvalue weighted by atomic mass is 10.2. The van der Waals surface area contributed by atoms with E-state index in [2.05, 4.69) is 6.92 Å². The van der Waals surface area contributed by atoms with Crippen molar-refractivity contribution in [2.24, 2.45) is 0 Å². The minimum Gasteiger partial charge on any atom is -0.491 e. The molecule has 1 aromatic rings. The van der Waals surface area contributed by atoms with Crippen molar-refractivity contribution in [3.63, 3.8) is 0 Å². The van der Waals surface area contributed by atoms with Crippen molar-refractivity contribution in [2.75, 3.05) is 19.8 Å². The van der Waals surface area contributed by atoms with E-state index in [4.69, 9.17) is 14.7 Å². The second-order valence-electron chi connectivity index (χ2n) is 4.03. The summed E-state index contributed by atoms with van der Waals surface area (Å²) >= 11 is 0. The van der Waals surface area contributed by atoms with Gasteiger partial charge in [-0.1, -0.05) is 19.4 Å². The molecule has 0 aliphatic heterocycles. The number of hydrogen-bond acceptors (Lipinski definition) is 4. The lowest BCUT2D eigenvalue weighted by Gasteiger charge is -2.12. The van der Waals surface area contributed by atoms with Crippen molar-refractivity contribution < 1.29 is 14.6 Å². The van der Waals surface area contributed by atoms with Crippen LogP contribution in [0.25, 0.3) is 0 Å². The first-order valence-electron chi connectivity index (χ1n) is 6.15. The number of benzene rings is 1. The monoisotopic (exact) mass is 249 g/mol. The van der Waals surface area contributed by atoms with Crippen molar-refractivity contribution in [3.05, 3.63) is 29.8 Å². The summed E-state index contributed by atoms with van der Waals surface area (Å²) in [6, 6.07) is 8.89. The fraction of sp³-hybridized carbons (Fsp3) is 0.500. The summed E-state index contributed by atoms with van der Waals surface area (Å²) in [6.45, 7) is 3.20. The van der Waals surface area contributed by atoms with Gasteiger partial charge < -0.3 is 14.6 Å². The molecule has 98 valence electrons. The molecule has 0 aliphatic rings. The molecule has 0 aromatic heterocycles. The smallest absolute Gasteiger partial charge is 0.120 e. The number of nitriles is 1. The molecule has 1 unspecified atom stereocenters. The van der Waals surface area contributed by atoms with E-state index < -0.39 is 6.10 Å². The van der Waals surface area contributed by atoms with Crippen LogP contribution in [0.1, 0.15) is 25.3 Å². The number of nitrogens with zero attached hydrogens (tertiary/aromatic N) is 1. The quantitative estimate of drug-likeness (QED) is 0.717. The van der Waals surface area contributed by atoms with E-state index in [9.17, 15) is 5.11 Å². The first-order valence-corrected chi connectivity index (χ1v) is 6.15. The maximum Gasteiger partial charge on any atom is 0.120 e. The third-order valence-corrected chi connectivity index (χ3v) is 2.36. The molecule has 0 saturated heterocycles. The summed E-state index contributed by atoms with van der Waals surface area (Å²) in [7, 11) is 0. The average molecular weight is 249 g/mol. The van der Waals surface area contributed by atoms with Gasteiger partial charge in [0.25, 0.3) is 0 Å². The Labute approximate surface area is 108 Å². The zero-order chi connectivity index (χ0) is 13.2. The molecule has 0 spiro atoms. The standard InChI is InChI=1S/C14H19NO3/c1-2-3-7-17-10-13(16)11-18-14-6-4-5-12(8-14)9-15/h4-6,8,13,16H,2-3,7,10-11H2,1H3. The van der Waals surface area contributed by atoms with E-state index in [-0.39, 0.29) is 13.2 Å². The largest absolute Gasteiger partial charge is 0.491 e. The maximum atomic E-state index is 9.62. The van der Waals surface area contributed by atoms with Gasteiger partial charge in [0, 0.05) is 6.61 Å². The molecule has 0 bridgehead atoms. The van der Waals surface area contributed by atoms with E-state index in [1.807, 2.05) is 6.07 Å². The molecule has 1 atom stereocenters. The first-order chi connectivity index (χ1) is 8.76. The number of aliphatic hydroxyl groups excluding tert-OH is 1. The van der Waals surface area contributed by atoms with Crippen molar-refractivity contribution in [2.45, 2.75) is 25.9 Å². The molecule has 0 aliphatic carbocycles. The van der Waals surface area contributed by atoms with Gasteiger partial charge in [-0.05, 0) is 24.6 Å². The normalized spacial score (nSPS) is 11.8. The van der Waals surface area contributed by atoms with Crippen LogP contribution in [0.4, 0.5) is 0 Å². The molecule has 4 heteroatoms. The fourth-order valence-corrected chi connectivity index (χ4v) is 1.36. The molecule has 18 heavy (non-hydrogen) atoms. The molecule has 0 amide bonds. The van der Waals surface area contributed by atoms with Crippen molar-refractivity contribution >= 4 is 0 Å². The highest BCUT2D eigenvalue weighted by Gasteiger charge is 2.05. The topological polar surface area (TPSA) is 62.5 Å². The highest BCUT2D eigenvalue weighted by atomic mass is 16.5. The van der Waals surface area contributed by atoms with Gasteiger partial charge in [0.1, 0.15) is 18.5 Å². The highest BCUT2D eigenvalue weighted by molar-refractivity contribution is 5.36. The summed E-state index contributed by atoms with van der Waals surface area (Å²) in [5.74, 6) is 0.585. The Bertz CT molecular complexity index is 387. The molecule has 0 heterocycles. The molecule has 1 aromatic carbocycles. The number of unbranched alkanes of at least 4 members (excludes halogenated alkanes) is 1. The van der Waals surface area contributed by atoms with Crippen LogP contribution in [-0.4, -0.2) is 31.0 Å². The maximum absolute atomic E-state index is 9.62. The lowest BCUT2D eigenvalue weighted by Crippen LogP contribution is -2.23. The third-order valence-electron chi connectivity index (χ3n) is 2.36. The van der Waals surface area contributed by atoms with Crippen molar-refractivity contribution in [1.29, 1.82) is 5.26 Å². The zero-order valence-electron chi connectivity index (χ0n) is 10.6. The number of ether oxygens (including phenoxy) is 2. The van der Waals surface area contributed by atoms with Crippen LogP contribution in [0, 0.1) is 11.3 Å². The molecular weight excluding hydrogens is 230 g/mol. The molecule has 0 fully saturated rings. The molecule has 4 nitrogen and oxygen atoms in total. The van der Waals surface area contributed by atoms with Crippen LogP contribution in [-0.2, 0) is 4.74 Å². The molecule has 1 rings (SSSR count). The van der Waals surface area contributed by atoms with Gasteiger partial charge in [0.15, 0.2) is 0 Å². The van der Waals surface area contributed by atoms with Crippen molar-refractivity contribution in [1.82, 2.24) is 0 Å². The van der Waals surface area contributed by atoms with E-state index in [0.29, 0.717) is 17.9 Å². The summed E-state index contributed by atoms with van der Waals surface area (Å²) in [6.07, 6.45) is 1.43. The van der Waals surface area contributed by atoms with Crippen LogP contribution < -0.4 is 4.74 Å². The van der Waals surface area contributed by atoms with Gasteiger partial charge in [0.2, 0.25) is 0 Å². The van der Waals surface area contributed by atoms with Crippen LogP contribution in [0.5, 0.6) is 5.75 Å². The van der Waals surface area contributed by atoms with Gasteiger partial charge >= 0.3 is 0 Å².